The van der Waals surface area contributed by atoms with E-state index in [0.717, 1.165) is 21.7 Å². The Morgan fingerprint density at radius 2 is 1.16 bits per heavy atom. The van der Waals surface area contributed by atoms with E-state index >= 15 is 0 Å². The second-order valence-corrected chi connectivity index (χ2v) is 16.7. The van der Waals surface area contributed by atoms with E-state index in [9.17, 15) is 0 Å². The molecule has 45 heavy (non-hydrogen) atoms. The summed E-state index contributed by atoms with van der Waals surface area (Å²) in [6.07, 6.45) is 0. The Morgan fingerprint density at radius 3 is 1.93 bits per heavy atom. The molecule has 7 aromatic carbocycles. The van der Waals surface area contributed by atoms with Gasteiger partial charge in [0, 0.05) is 26.0 Å². The topological polar surface area (TPSA) is 14.2 Å². The van der Waals surface area contributed by atoms with Gasteiger partial charge in [-0.05, 0) is 86.1 Å². The third-order valence-corrected chi connectivity index (χ3v) is 14.8. The van der Waals surface area contributed by atoms with Crippen molar-refractivity contribution in [3.63, 3.8) is 0 Å². The Labute approximate surface area is 275 Å². The predicted molar refractivity (Wildman–Crippen MR) is 195 cm³/mol. The Balaban J connectivity index is 1.30. The second-order valence-electron chi connectivity index (χ2n) is 11.6. The van der Waals surface area contributed by atoms with E-state index in [0.29, 0.717) is 5.02 Å². The van der Waals surface area contributed by atoms with Crippen molar-refractivity contribution < 1.29 is 4.74 Å². The molecule has 9 rings (SSSR count). The van der Waals surface area contributed by atoms with Crippen molar-refractivity contribution in [3.05, 3.63) is 161 Å². The summed E-state index contributed by atoms with van der Waals surface area (Å²) in [6, 6.07) is 54.7. The molecule has 214 valence electrons. The minimum atomic E-state index is -2.79. The highest BCUT2D eigenvalue weighted by Crippen LogP contribution is 2.34. The summed E-state index contributed by atoms with van der Waals surface area (Å²) < 4.78 is 9.97. The molecule has 1 atom stereocenters. The van der Waals surface area contributed by atoms with Gasteiger partial charge in [-0.25, -0.2) is 0 Å². The number of rotatable bonds is 3. The predicted octanol–water partition coefficient (Wildman–Crippen LogP) is 8.84. The number of benzene rings is 7. The van der Waals surface area contributed by atoms with Crippen molar-refractivity contribution in [3.8, 4) is 17.2 Å². The standard InChI is InChI=1S/C40H25BrClNOSi/c41-28-15-20-31(21-16-28)45(39-12-6-5-11-37(39)44-38-25-29(42)17-22-40(38)45)32-19-14-26-23-30(18-13-27(26)24-32)43-35-9-3-1-7-33(35)34-8-2-4-10-36(34)43/h1-25H. The van der Waals surface area contributed by atoms with Crippen LogP contribution in [0.25, 0.3) is 38.3 Å². The van der Waals surface area contributed by atoms with Gasteiger partial charge >= 0.3 is 0 Å². The first-order chi connectivity index (χ1) is 22.1. The zero-order chi connectivity index (χ0) is 30.1. The largest absolute Gasteiger partial charge is 0.457 e. The highest BCUT2D eigenvalue weighted by Gasteiger charge is 2.48. The molecule has 0 aliphatic carbocycles. The average Bonchev–Trinajstić information content (AvgIpc) is 3.41. The van der Waals surface area contributed by atoms with Crippen LogP contribution in [0.3, 0.4) is 0 Å². The molecular formula is C40H25BrClNOSi. The highest BCUT2D eigenvalue weighted by atomic mass is 79.9. The molecule has 0 bridgehead atoms. The van der Waals surface area contributed by atoms with Crippen molar-refractivity contribution in [1.82, 2.24) is 4.57 Å². The van der Waals surface area contributed by atoms with E-state index < -0.39 is 8.07 Å². The number of hydrogen-bond donors (Lipinski definition) is 0. The number of para-hydroxylation sites is 3. The third kappa shape index (κ3) is 4.00. The maximum absolute atomic E-state index is 6.54. The van der Waals surface area contributed by atoms with Gasteiger partial charge in [0.2, 0.25) is 0 Å². The van der Waals surface area contributed by atoms with Crippen molar-refractivity contribution >= 4 is 88.9 Å². The van der Waals surface area contributed by atoms with E-state index in [2.05, 4.69) is 154 Å². The molecule has 1 aliphatic heterocycles. The number of nitrogens with zero attached hydrogens (tertiary/aromatic N) is 1. The van der Waals surface area contributed by atoms with Crippen LogP contribution in [0.5, 0.6) is 11.5 Å². The molecule has 2 heterocycles. The second kappa shape index (κ2) is 10.2. The summed E-state index contributed by atoms with van der Waals surface area (Å²) in [7, 11) is -2.79. The van der Waals surface area contributed by atoms with Crippen LogP contribution in [-0.2, 0) is 0 Å². The van der Waals surface area contributed by atoms with Crippen LogP contribution in [0.15, 0.2) is 156 Å². The van der Waals surface area contributed by atoms with E-state index in [4.69, 9.17) is 16.3 Å². The lowest BCUT2D eigenvalue weighted by atomic mass is 10.1. The van der Waals surface area contributed by atoms with Gasteiger partial charge in [-0.1, -0.05) is 125 Å². The molecule has 1 unspecified atom stereocenters. The van der Waals surface area contributed by atoms with Gasteiger partial charge in [0.05, 0.1) is 11.0 Å². The first kappa shape index (κ1) is 26.8. The van der Waals surface area contributed by atoms with E-state index in [1.54, 1.807) is 0 Å². The quantitative estimate of drug-likeness (QED) is 0.170. The van der Waals surface area contributed by atoms with Crippen LogP contribution in [0, 0.1) is 0 Å². The zero-order valence-electron chi connectivity index (χ0n) is 24.0. The fraction of sp³-hybridized carbons (Fsp3) is 0. The Bertz CT molecular complexity index is 2400. The molecule has 0 saturated carbocycles. The maximum atomic E-state index is 6.54. The van der Waals surface area contributed by atoms with Gasteiger partial charge in [-0.2, -0.15) is 0 Å². The number of aromatic nitrogens is 1. The van der Waals surface area contributed by atoms with Crippen LogP contribution in [0.4, 0.5) is 0 Å². The van der Waals surface area contributed by atoms with Crippen LogP contribution in [-0.4, -0.2) is 12.6 Å². The van der Waals surface area contributed by atoms with Crippen LogP contribution < -0.4 is 25.5 Å². The molecule has 1 aliphatic rings. The summed E-state index contributed by atoms with van der Waals surface area (Å²) in [6.45, 7) is 0. The maximum Gasteiger partial charge on any atom is 0.188 e. The Hall–Kier alpha value is -4.61. The molecule has 1 aromatic heterocycles. The smallest absolute Gasteiger partial charge is 0.188 e. The van der Waals surface area contributed by atoms with Crippen LogP contribution in [0.1, 0.15) is 0 Å². The molecule has 0 amide bonds. The van der Waals surface area contributed by atoms with Gasteiger partial charge in [0.25, 0.3) is 0 Å². The molecule has 0 radical (unpaired) electrons. The van der Waals surface area contributed by atoms with Crippen molar-refractivity contribution in [2.75, 3.05) is 0 Å². The average molecular weight is 679 g/mol. The molecule has 5 heteroatoms. The zero-order valence-corrected chi connectivity index (χ0v) is 27.4. The van der Waals surface area contributed by atoms with Gasteiger partial charge in [-0.15, -0.1) is 0 Å². The lowest BCUT2D eigenvalue weighted by molar-refractivity contribution is 0.487. The van der Waals surface area contributed by atoms with Crippen molar-refractivity contribution in [1.29, 1.82) is 0 Å². The minimum Gasteiger partial charge on any atom is -0.457 e. The van der Waals surface area contributed by atoms with Gasteiger partial charge < -0.3 is 9.30 Å². The third-order valence-electron chi connectivity index (χ3n) is 9.23. The SMILES string of the molecule is Clc1ccc2c(c1)Oc1ccccc1[Si]2(c1ccc(Br)cc1)c1ccc2cc(-n3c4ccccc4c4ccccc43)ccc2c1. The summed E-state index contributed by atoms with van der Waals surface area (Å²) in [5.74, 6) is 1.72. The van der Waals surface area contributed by atoms with Gasteiger partial charge in [0.1, 0.15) is 11.5 Å². The lowest BCUT2D eigenvalue weighted by Crippen LogP contribution is -2.76. The molecule has 0 spiro atoms. The van der Waals surface area contributed by atoms with E-state index in [1.807, 2.05) is 18.2 Å². The highest BCUT2D eigenvalue weighted by molar-refractivity contribution is 9.10. The van der Waals surface area contributed by atoms with Gasteiger partial charge in [-0.3, -0.25) is 0 Å². The molecule has 8 aromatic rings. The van der Waals surface area contributed by atoms with E-state index in [-0.39, 0.29) is 0 Å². The monoisotopic (exact) mass is 677 g/mol. The molecule has 2 nitrogen and oxygen atoms in total. The Kier molecular flexibility index (Phi) is 6.07. The van der Waals surface area contributed by atoms with E-state index in [1.165, 1.54) is 53.3 Å². The summed E-state index contributed by atoms with van der Waals surface area (Å²) in [5, 5.41) is 10.7. The van der Waals surface area contributed by atoms with Gasteiger partial charge in [0.15, 0.2) is 8.07 Å². The number of ether oxygens (including phenoxy) is 1. The minimum absolute atomic E-state index is 0.669. The number of fused-ring (bicyclic) bond motifs is 6. The summed E-state index contributed by atoms with van der Waals surface area (Å²) in [4.78, 5) is 0. The lowest BCUT2D eigenvalue weighted by Gasteiger charge is -2.39. The molecule has 0 saturated heterocycles. The van der Waals surface area contributed by atoms with Crippen LogP contribution in [0.2, 0.25) is 5.02 Å². The van der Waals surface area contributed by atoms with Crippen molar-refractivity contribution in [2.45, 2.75) is 0 Å². The summed E-state index contributed by atoms with van der Waals surface area (Å²) in [5.41, 5.74) is 3.58. The molecular weight excluding hydrogens is 654 g/mol. The first-order valence-electron chi connectivity index (χ1n) is 15.0. The first-order valence-corrected chi connectivity index (χ1v) is 18.1. The fourth-order valence-corrected chi connectivity index (χ4v) is 12.7. The summed E-state index contributed by atoms with van der Waals surface area (Å²) >= 11 is 10.2. The fourth-order valence-electron chi connectivity index (χ4n) is 7.31. The normalized spacial score (nSPS) is 15.6. The van der Waals surface area contributed by atoms with Crippen LogP contribution >= 0.6 is 27.5 Å². The number of halogens is 2. The Morgan fingerprint density at radius 1 is 0.533 bits per heavy atom. The molecule has 0 fully saturated rings. The number of hydrogen-bond acceptors (Lipinski definition) is 1. The molecule has 0 N–H and O–H groups in total. The van der Waals surface area contributed by atoms with Crippen molar-refractivity contribution in [2.24, 2.45) is 0 Å².